The molecule has 2 aromatic rings. The molecule has 1 amide bonds. The molecule has 0 saturated heterocycles. The molecule has 1 aliphatic rings. The molecular weight excluding hydrogens is 454 g/mol. The predicted molar refractivity (Wildman–Crippen MR) is 120 cm³/mol. The van der Waals surface area contributed by atoms with Gasteiger partial charge >= 0.3 is 0 Å². The molecule has 2 aromatic carbocycles. The number of carbonyl (C=O) groups is 1. The van der Waals surface area contributed by atoms with E-state index in [4.69, 9.17) is 0 Å². The molecule has 1 aliphatic heterocycles. The molecule has 29 heavy (non-hydrogen) atoms. The summed E-state index contributed by atoms with van der Waals surface area (Å²) < 4.78 is 30.1. The fourth-order valence-electron chi connectivity index (χ4n) is 3.42. The van der Waals surface area contributed by atoms with Crippen LogP contribution in [0.15, 0.2) is 44.1 Å². The third kappa shape index (κ3) is 4.38. The summed E-state index contributed by atoms with van der Waals surface area (Å²) in [5.74, 6) is 0.392. The summed E-state index contributed by atoms with van der Waals surface area (Å²) in [5.41, 5.74) is 3.37. The second kappa shape index (κ2) is 7.91. The van der Waals surface area contributed by atoms with Gasteiger partial charge in [-0.2, -0.15) is 8.42 Å². The monoisotopic (exact) mass is 477 g/mol. The summed E-state index contributed by atoms with van der Waals surface area (Å²) in [6.07, 6.45) is 0. The fraction of sp³-hybridized carbons (Fsp3) is 0.333. The van der Waals surface area contributed by atoms with Crippen LogP contribution >= 0.6 is 15.9 Å². The average Bonchev–Trinajstić information content (AvgIpc) is 2.60. The lowest BCUT2D eigenvalue weighted by Gasteiger charge is -2.31. The molecular formula is C21H24BrN3O3S. The van der Waals surface area contributed by atoms with E-state index in [1.807, 2.05) is 30.9 Å². The number of aryl methyl sites for hydroxylation is 2. The largest absolute Gasteiger partial charge is 0.328 e. The molecule has 0 saturated carbocycles. The summed E-state index contributed by atoms with van der Waals surface area (Å²) in [6, 6.07) is 8.58. The minimum Gasteiger partial charge on any atom is -0.328 e. The van der Waals surface area contributed by atoms with Crippen LogP contribution in [0, 0.1) is 19.8 Å². The average molecular weight is 478 g/mol. The van der Waals surface area contributed by atoms with Crippen molar-refractivity contribution in [3.05, 3.63) is 51.5 Å². The van der Waals surface area contributed by atoms with Gasteiger partial charge in [-0.15, -0.1) is 4.40 Å². The van der Waals surface area contributed by atoms with Gasteiger partial charge in [-0.3, -0.25) is 4.79 Å². The number of benzene rings is 2. The van der Waals surface area contributed by atoms with Gasteiger partial charge in [0.25, 0.3) is 15.9 Å². The predicted octanol–water partition coefficient (Wildman–Crippen LogP) is 4.90. The van der Waals surface area contributed by atoms with Crippen molar-refractivity contribution in [1.82, 2.24) is 0 Å². The number of amidine groups is 1. The van der Waals surface area contributed by atoms with Crippen LogP contribution < -0.4 is 10.2 Å². The SMILES string of the molecule is CC1=NS(=O)(=O)c2cc(C(=O)Nc3c(C)cc(Br)cc3C)ccc2N1CC(C)C. The number of fused-ring (bicyclic) bond motifs is 1. The Morgan fingerprint density at radius 2 is 1.76 bits per heavy atom. The van der Waals surface area contributed by atoms with Gasteiger partial charge in [0, 0.05) is 22.3 Å². The normalized spacial score (nSPS) is 15.1. The molecule has 3 rings (SSSR count). The highest BCUT2D eigenvalue weighted by atomic mass is 79.9. The quantitative estimate of drug-likeness (QED) is 0.678. The maximum absolute atomic E-state index is 12.9. The number of nitrogens with one attached hydrogen (secondary N) is 1. The highest BCUT2D eigenvalue weighted by Gasteiger charge is 2.30. The van der Waals surface area contributed by atoms with Crippen molar-refractivity contribution in [1.29, 1.82) is 0 Å². The number of hydrogen-bond acceptors (Lipinski definition) is 4. The molecule has 0 atom stereocenters. The lowest BCUT2D eigenvalue weighted by atomic mass is 10.1. The number of hydrogen-bond donors (Lipinski definition) is 1. The van der Waals surface area contributed by atoms with Gasteiger partial charge in [0.1, 0.15) is 10.7 Å². The summed E-state index contributed by atoms with van der Waals surface area (Å²) >= 11 is 3.44. The minimum absolute atomic E-state index is 0.0562. The van der Waals surface area contributed by atoms with Crippen LogP contribution in [0.3, 0.4) is 0 Å². The Morgan fingerprint density at radius 3 is 2.34 bits per heavy atom. The molecule has 0 spiro atoms. The Kier molecular flexibility index (Phi) is 5.87. The van der Waals surface area contributed by atoms with Gasteiger partial charge in [0.05, 0.1) is 5.69 Å². The lowest BCUT2D eigenvalue weighted by molar-refractivity contribution is 0.102. The van der Waals surface area contributed by atoms with Gasteiger partial charge in [-0.1, -0.05) is 29.8 Å². The summed E-state index contributed by atoms with van der Waals surface area (Å²) in [5, 5.41) is 2.90. The number of carbonyl (C=O) groups excluding carboxylic acids is 1. The Labute approximate surface area is 180 Å². The Hall–Kier alpha value is -2.19. The van der Waals surface area contributed by atoms with Crippen LogP contribution in [0.1, 0.15) is 42.3 Å². The van der Waals surface area contributed by atoms with E-state index in [-0.39, 0.29) is 16.4 Å². The summed E-state index contributed by atoms with van der Waals surface area (Å²) in [4.78, 5) is 14.8. The zero-order valence-corrected chi connectivity index (χ0v) is 19.5. The molecule has 0 fully saturated rings. The van der Waals surface area contributed by atoms with Crippen LogP contribution in [-0.2, 0) is 10.0 Å². The number of rotatable bonds is 4. The standard InChI is InChI=1S/C21H24BrN3O3S/c1-12(2)11-25-15(5)24-29(27,28)19-10-16(6-7-18(19)25)21(26)23-20-13(3)8-17(22)9-14(20)4/h6-10,12H,11H2,1-5H3,(H,23,26). The first kappa shape index (κ1) is 21.5. The van der Waals surface area contributed by atoms with Crippen molar-refractivity contribution in [2.75, 3.05) is 16.8 Å². The van der Waals surface area contributed by atoms with E-state index < -0.39 is 10.0 Å². The van der Waals surface area contributed by atoms with Crippen molar-refractivity contribution in [3.8, 4) is 0 Å². The van der Waals surface area contributed by atoms with Gasteiger partial charge in [-0.25, -0.2) is 0 Å². The molecule has 0 radical (unpaired) electrons. The van der Waals surface area contributed by atoms with Gasteiger partial charge in [-0.05, 0) is 68.1 Å². The van der Waals surface area contributed by atoms with Gasteiger partial charge < -0.3 is 10.2 Å². The fourth-order valence-corrected chi connectivity index (χ4v) is 5.37. The van der Waals surface area contributed by atoms with Crippen LogP contribution in [-0.4, -0.2) is 26.7 Å². The van der Waals surface area contributed by atoms with E-state index in [1.54, 1.807) is 19.1 Å². The maximum atomic E-state index is 12.9. The van der Waals surface area contributed by atoms with Crippen molar-refractivity contribution in [3.63, 3.8) is 0 Å². The first-order valence-electron chi connectivity index (χ1n) is 9.31. The molecule has 8 heteroatoms. The highest BCUT2D eigenvalue weighted by molar-refractivity contribution is 9.10. The molecule has 0 bridgehead atoms. The van der Waals surface area contributed by atoms with Crippen LogP contribution in [0.2, 0.25) is 0 Å². The molecule has 0 aromatic heterocycles. The van der Waals surface area contributed by atoms with Gasteiger partial charge in [0.2, 0.25) is 0 Å². The molecule has 1 N–H and O–H groups in total. The number of sulfonamides is 1. The second-order valence-corrected chi connectivity index (χ2v) is 10.2. The molecule has 6 nitrogen and oxygen atoms in total. The highest BCUT2D eigenvalue weighted by Crippen LogP contribution is 2.33. The Morgan fingerprint density at radius 1 is 1.14 bits per heavy atom. The number of halogens is 1. The zero-order valence-electron chi connectivity index (χ0n) is 17.1. The summed E-state index contributed by atoms with van der Waals surface area (Å²) in [7, 11) is -3.85. The smallest absolute Gasteiger partial charge is 0.286 e. The molecule has 1 heterocycles. The van der Waals surface area contributed by atoms with Crippen molar-refractivity contribution < 1.29 is 13.2 Å². The lowest BCUT2D eigenvalue weighted by Crippen LogP contribution is -2.36. The minimum atomic E-state index is -3.85. The number of amides is 1. The van der Waals surface area contributed by atoms with E-state index >= 15 is 0 Å². The first-order chi connectivity index (χ1) is 13.5. The number of anilines is 2. The third-order valence-corrected chi connectivity index (χ3v) is 6.56. The zero-order chi connectivity index (χ0) is 21.5. The van der Waals surface area contributed by atoms with Crippen LogP contribution in [0.25, 0.3) is 0 Å². The van der Waals surface area contributed by atoms with E-state index in [9.17, 15) is 13.2 Å². The van der Waals surface area contributed by atoms with Crippen molar-refractivity contribution >= 4 is 49.1 Å². The topological polar surface area (TPSA) is 78.8 Å². The summed E-state index contributed by atoms with van der Waals surface area (Å²) in [6.45, 7) is 10.3. The molecule has 0 aliphatic carbocycles. The van der Waals surface area contributed by atoms with Gasteiger partial charge in [0.15, 0.2) is 0 Å². The third-order valence-electron chi connectivity index (χ3n) is 4.72. The van der Waals surface area contributed by atoms with E-state index in [0.29, 0.717) is 29.7 Å². The second-order valence-electron chi connectivity index (χ2n) is 7.67. The van der Waals surface area contributed by atoms with E-state index in [1.165, 1.54) is 6.07 Å². The number of nitrogens with zero attached hydrogens (tertiary/aromatic N) is 2. The Balaban J connectivity index is 2.00. The van der Waals surface area contributed by atoms with E-state index in [2.05, 4.69) is 39.5 Å². The van der Waals surface area contributed by atoms with Crippen LogP contribution in [0.4, 0.5) is 11.4 Å². The first-order valence-corrected chi connectivity index (χ1v) is 11.5. The van der Waals surface area contributed by atoms with E-state index in [0.717, 1.165) is 15.6 Å². The van der Waals surface area contributed by atoms with Crippen LogP contribution in [0.5, 0.6) is 0 Å². The van der Waals surface area contributed by atoms with Crippen molar-refractivity contribution in [2.45, 2.75) is 39.5 Å². The Bertz CT molecular complexity index is 1100. The molecule has 0 unspecified atom stereocenters. The maximum Gasteiger partial charge on any atom is 0.286 e. The molecule has 154 valence electrons. The van der Waals surface area contributed by atoms with Crippen molar-refractivity contribution in [2.24, 2.45) is 10.3 Å².